The van der Waals surface area contributed by atoms with Crippen LogP contribution in [0.15, 0.2) is 5.38 Å². The van der Waals surface area contributed by atoms with Crippen LogP contribution < -0.4 is 0 Å². The maximum absolute atomic E-state index is 10.8. The molecule has 0 aliphatic rings. The maximum Gasteiger partial charge on any atom is 0.239 e. The van der Waals surface area contributed by atoms with E-state index in [4.69, 9.17) is 10.7 Å². The highest BCUT2D eigenvalue weighted by molar-refractivity contribution is 8.13. The van der Waals surface area contributed by atoms with E-state index in [2.05, 4.69) is 4.98 Å². The minimum absolute atomic E-state index is 0.0508. The van der Waals surface area contributed by atoms with Gasteiger partial charge in [-0.05, 0) is 0 Å². The average molecular weight is 254 g/mol. The molecule has 0 N–H and O–H groups in total. The molecular weight excluding hydrogens is 242 g/mol. The minimum atomic E-state index is -3.49. The number of hydrogen-bond donors (Lipinski definition) is 0. The lowest BCUT2D eigenvalue weighted by Gasteiger charge is -2.14. The van der Waals surface area contributed by atoms with Crippen LogP contribution in [-0.2, 0) is 20.2 Å². The van der Waals surface area contributed by atoms with E-state index in [1.54, 1.807) is 0 Å². The van der Waals surface area contributed by atoms with Crippen molar-refractivity contribution < 1.29 is 8.42 Å². The molecule has 1 heterocycles. The van der Waals surface area contributed by atoms with Gasteiger partial charge in [0.25, 0.3) is 0 Å². The van der Waals surface area contributed by atoms with Crippen LogP contribution in [0.25, 0.3) is 0 Å². The van der Waals surface area contributed by atoms with Crippen LogP contribution in [-0.4, -0.2) is 13.4 Å². The standard InChI is InChI=1S/C8H12ClNO2S2/c1-8(2,3)6-4-13-7(10-6)5-14(9,11)12/h4H,5H2,1-3H3. The first kappa shape index (κ1) is 11.9. The van der Waals surface area contributed by atoms with Crippen molar-refractivity contribution in [1.82, 2.24) is 4.98 Å². The third-order valence-corrected chi connectivity index (χ3v) is 3.59. The first-order valence-electron chi connectivity index (χ1n) is 4.06. The number of hydrogen-bond acceptors (Lipinski definition) is 4. The fraction of sp³-hybridized carbons (Fsp3) is 0.625. The first-order valence-corrected chi connectivity index (χ1v) is 7.41. The van der Waals surface area contributed by atoms with Gasteiger partial charge in [-0.1, -0.05) is 20.8 Å². The molecule has 0 fully saturated rings. The van der Waals surface area contributed by atoms with Crippen LogP contribution in [0.3, 0.4) is 0 Å². The van der Waals surface area contributed by atoms with Crippen LogP contribution in [0.5, 0.6) is 0 Å². The van der Waals surface area contributed by atoms with E-state index in [0.29, 0.717) is 5.01 Å². The second-order valence-electron chi connectivity index (χ2n) is 4.06. The molecule has 80 valence electrons. The quantitative estimate of drug-likeness (QED) is 0.761. The van der Waals surface area contributed by atoms with Gasteiger partial charge in [0.1, 0.15) is 10.8 Å². The van der Waals surface area contributed by atoms with Crippen LogP contribution in [0.1, 0.15) is 31.5 Å². The molecule has 0 radical (unpaired) electrons. The minimum Gasteiger partial charge on any atom is -0.245 e. The SMILES string of the molecule is CC(C)(C)c1csc(CS(=O)(=O)Cl)n1. The molecule has 1 aromatic rings. The zero-order chi connectivity index (χ0) is 11.0. The van der Waals surface area contributed by atoms with Crippen molar-refractivity contribution in [3.63, 3.8) is 0 Å². The molecule has 1 aromatic heterocycles. The van der Waals surface area contributed by atoms with Crippen molar-refractivity contribution >= 4 is 31.1 Å². The van der Waals surface area contributed by atoms with Crippen molar-refractivity contribution in [2.75, 3.05) is 0 Å². The Hall–Kier alpha value is -0.130. The third-order valence-electron chi connectivity index (χ3n) is 1.62. The fourth-order valence-electron chi connectivity index (χ4n) is 0.869. The van der Waals surface area contributed by atoms with Crippen LogP contribution in [0.4, 0.5) is 0 Å². The third kappa shape index (κ3) is 3.55. The number of aromatic nitrogens is 1. The molecule has 0 unspecified atom stereocenters. The van der Waals surface area contributed by atoms with Crippen molar-refractivity contribution in [3.8, 4) is 0 Å². The lowest BCUT2D eigenvalue weighted by atomic mass is 9.93. The van der Waals surface area contributed by atoms with Gasteiger partial charge in [-0.3, -0.25) is 0 Å². The van der Waals surface area contributed by atoms with Gasteiger partial charge >= 0.3 is 0 Å². The molecule has 0 aliphatic heterocycles. The van der Waals surface area contributed by atoms with Crippen LogP contribution in [0.2, 0.25) is 0 Å². The highest BCUT2D eigenvalue weighted by Gasteiger charge is 2.19. The predicted octanol–water partition coefficient (Wildman–Crippen LogP) is 2.51. The van der Waals surface area contributed by atoms with E-state index in [1.165, 1.54) is 11.3 Å². The summed E-state index contributed by atoms with van der Waals surface area (Å²) < 4.78 is 21.6. The summed E-state index contributed by atoms with van der Waals surface area (Å²) in [6.45, 7) is 6.09. The lowest BCUT2D eigenvalue weighted by molar-refractivity contribution is 0.571. The van der Waals surface area contributed by atoms with Gasteiger partial charge in [0.15, 0.2) is 0 Å². The Morgan fingerprint density at radius 3 is 2.43 bits per heavy atom. The topological polar surface area (TPSA) is 47.0 Å². The Balaban J connectivity index is 2.90. The molecule has 0 bridgehead atoms. The molecule has 1 rings (SSSR count). The second kappa shape index (κ2) is 3.79. The van der Waals surface area contributed by atoms with Crippen LogP contribution >= 0.6 is 22.0 Å². The van der Waals surface area contributed by atoms with Crippen molar-refractivity contribution in [2.45, 2.75) is 31.9 Å². The summed E-state index contributed by atoms with van der Waals surface area (Å²) in [6.07, 6.45) is 0. The zero-order valence-corrected chi connectivity index (χ0v) is 10.6. The van der Waals surface area contributed by atoms with E-state index < -0.39 is 9.05 Å². The normalized spacial score (nSPS) is 13.1. The van der Waals surface area contributed by atoms with E-state index in [0.717, 1.165) is 5.69 Å². The fourth-order valence-corrected chi connectivity index (χ4v) is 3.28. The number of thiazole rings is 1. The largest absolute Gasteiger partial charge is 0.245 e. The van der Waals surface area contributed by atoms with Gasteiger partial charge in [-0.15, -0.1) is 11.3 Å². The van der Waals surface area contributed by atoms with Gasteiger partial charge in [-0.2, -0.15) is 0 Å². The van der Waals surface area contributed by atoms with Gasteiger partial charge in [0, 0.05) is 21.5 Å². The summed E-state index contributed by atoms with van der Waals surface area (Å²) >= 11 is 1.33. The van der Waals surface area contributed by atoms with E-state index in [1.807, 2.05) is 26.2 Å². The molecular formula is C8H12ClNO2S2. The second-order valence-corrected chi connectivity index (χ2v) is 7.78. The number of nitrogens with zero attached hydrogens (tertiary/aromatic N) is 1. The smallest absolute Gasteiger partial charge is 0.239 e. The summed E-state index contributed by atoms with van der Waals surface area (Å²) in [5.74, 6) is -0.185. The summed E-state index contributed by atoms with van der Waals surface area (Å²) in [5.41, 5.74) is 0.850. The molecule has 0 saturated heterocycles. The maximum atomic E-state index is 10.8. The summed E-state index contributed by atoms with van der Waals surface area (Å²) in [7, 11) is 1.64. The Morgan fingerprint density at radius 2 is 2.07 bits per heavy atom. The molecule has 0 aliphatic carbocycles. The molecule has 0 atom stereocenters. The Labute approximate surface area is 92.5 Å². The van der Waals surface area contributed by atoms with Crippen molar-refractivity contribution in [2.24, 2.45) is 0 Å². The molecule has 0 aromatic carbocycles. The van der Waals surface area contributed by atoms with E-state index >= 15 is 0 Å². The average Bonchev–Trinajstić information content (AvgIpc) is 2.29. The molecule has 3 nitrogen and oxygen atoms in total. The predicted molar refractivity (Wildman–Crippen MR) is 59.3 cm³/mol. The summed E-state index contributed by atoms with van der Waals surface area (Å²) in [5, 5.41) is 2.42. The van der Waals surface area contributed by atoms with Crippen LogP contribution in [0, 0.1) is 0 Å². The molecule has 6 heteroatoms. The molecule has 14 heavy (non-hydrogen) atoms. The molecule has 0 amide bonds. The first-order chi connectivity index (χ1) is 6.18. The van der Waals surface area contributed by atoms with E-state index in [9.17, 15) is 8.42 Å². The Kier molecular flexibility index (Phi) is 3.23. The number of rotatable bonds is 2. The molecule has 0 saturated carbocycles. The highest BCUT2D eigenvalue weighted by atomic mass is 35.7. The molecule has 0 spiro atoms. The van der Waals surface area contributed by atoms with Gasteiger partial charge in [0.05, 0.1) is 5.69 Å². The zero-order valence-electron chi connectivity index (χ0n) is 8.24. The Bertz CT molecular complexity index is 417. The Morgan fingerprint density at radius 1 is 1.50 bits per heavy atom. The van der Waals surface area contributed by atoms with Gasteiger partial charge in [-0.25, -0.2) is 13.4 Å². The van der Waals surface area contributed by atoms with Crippen molar-refractivity contribution in [1.29, 1.82) is 0 Å². The number of halogens is 1. The van der Waals surface area contributed by atoms with Gasteiger partial charge in [0.2, 0.25) is 9.05 Å². The highest BCUT2D eigenvalue weighted by Crippen LogP contribution is 2.25. The van der Waals surface area contributed by atoms with Crippen molar-refractivity contribution in [3.05, 3.63) is 16.1 Å². The lowest BCUT2D eigenvalue weighted by Crippen LogP contribution is -2.11. The summed E-state index contributed by atoms with van der Waals surface area (Å²) in [6, 6.07) is 0. The van der Waals surface area contributed by atoms with E-state index in [-0.39, 0.29) is 11.2 Å². The van der Waals surface area contributed by atoms with Gasteiger partial charge < -0.3 is 0 Å². The monoisotopic (exact) mass is 253 g/mol. The summed E-state index contributed by atoms with van der Waals surface area (Å²) in [4.78, 5) is 4.22.